The first kappa shape index (κ1) is 17.5. The number of fused-ring (bicyclic) bond motifs is 1. The van der Waals surface area contributed by atoms with Crippen LogP contribution in [0.3, 0.4) is 0 Å². The summed E-state index contributed by atoms with van der Waals surface area (Å²) in [6.07, 6.45) is 9.98. The van der Waals surface area contributed by atoms with Crippen molar-refractivity contribution in [1.82, 2.24) is 0 Å². The molecule has 5 atom stereocenters. The number of carbonyl (C=O) groups excluding carboxylic acids is 1. The predicted molar refractivity (Wildman–Crippen MR) is 115 cm³/mol. The molecule has 142 valence electrons. The normalized spacial score (nSPS) is 29.3. The van der Waals surface area contributed by atoms with Gasteiger partial charge in [0.1, 0.15) is 0 Å². The Morgan fingerprint density at radius 2 is 1.57 bits per heavy atom. The predicted octanol–water partition coefficient (Wildman–Crippen LogP) is 5.81. The summed E-state index contributed by atoms with van der Waals surface area (Å²) >= 11 is 0. The minimum absolute atomic E-state index is 0.0254. The van der Waals surface area contributed by atoms with Gasteiger partial charge < -0.3 is 5.32 Å². The molecule has 0 radical (unpaired) electrons. The molecule has 1 saturated carbocycles. The Balaban J connectivity index is 1.51. The molecular formula is C26H27NO. The summed E-state index contributed by atoms with van der Waals surface area (Å²) in [7, 11) is 0. The maximum Gasteiger partial charge on any atom is 0.228 e. The van der Waals surface area contributed by atoms with Gasteiger partial charge in [-0.3, -0.25) is 4.79 Å². The fraction of sp³-hybridized carbons (Fsp3) is 0.346. The van der Waals surface area contributed by atoms with Crippen molar-refractivity contribution >= 4 is 11.6 Å². The van der Waals surface area contributed by atoms with E-state index < -0.39 is 0 Å². The molecule has 0 unspecified atom stereocenters. The molecule has 0 aliphatic heterocycles. The van der Waals surface area contributed by atoms with Crippen LogP contribution < -0.4 is 5.32 Å². The van der Waals surface area contributed by atoms with Crippen molar-refractivity contribution in [3.63, 3.8) is 0 Å². The standard InChI is InChI=1S/C26H27NO/c1-15-12-16(2)25(17(3)13-15)27-26(28)23-14-22-18-8-4-6-10-20(18)24(23)21-11-7-5-9-19(21)22/h4-13,18,20,22-24H,14H2,1-3H3,(H,27,28)/t18-,20-,22+,23-,24-/m0/s1. The van der Waals surface area contributed by atoms with E-state index in [4.69, 9.17) is 0 Å². The molecule has 2 heteroatoms. The molecule has 4 aliphatic carbocycles. The Morgan fingerprint density at radius 1 is 0.929 bits per heavy atom. The molecule has 6 rings (SSSR count). The highest BCUT2D eigenvalue weighted by Gasteiger charge is 2.52. The van der Waals surface area contributed by atoms with Gasteiger partial charge in [-0.25, -0.2) is 0 Å². The first-order valence-corrected chi connectivity index (χ1v) is 10.4. The van der Waals surface area contributed by atoms with Crippen molar-refractivity contribution in [3.05, 3.63) is 88.5 Å². The number of rotatable bonds is 2. The highest BCUT2D eigenvalue weighted by atomic mass is 16.1. The van der Waals surface area contributed by atoms with Crippen LogP contribution in [0.25, 0.3) is 0 Å². The van der Waals surface area contributed by atoms with Crippen LogP contribution in [0.5, 0.6) is 0 Å². The minimum Gasteiger partial charge on any atom is -0.325 e. The highest BCUT2D eigenvalue weighted by molar-refractivity contribution is 5.95. The zero-order valence-electron chi connectivity index (χ0n) is 16.8. The average molecular weight is 370 g/mol. The summed E-state index contributed by atoms with van der Waals surface area (Å²) in [4.78, 5) is 13.5. The third-order valence-corrected chi connectivity index (χ3v) is 7.06. The lowest BCUT2D eigenvalue weighted by Crippen LogP contribution is -2.46. The van der Waals surface area contributed by atoms with Crippen LogP contribution in [0.15, 0.2) is 60.7 Å². The summed E-state index contributed by atoms with van der Waals surface area (Å²) in [6, 6.07) is 13.1. The first-order chi connectivity index (χ1) is 13.5. The van der Waals surface area contributed by atoms with E-state index >= 15 is 0 Å². The van der Waals surface area contributed by atoms with Gasteiger partial charge in [-0.1, -0.05) is 66.3 Å². The van der Waals surface area contributed by atoms with Gasteiger partial charge in [0.05, 0.1) is 0 Å². The average Bonchev–Trinajstić information content (AvgIpc) is 2.70. The van der Waals surface area contributed by atoms with Gasteiger partial charge in [-0.15, -0.1) is 0 Å². The van der Waals surface area contributed by atoms with Crippen molar-refractivity contribution in [2.45, 2.75) is 39.0 Å². The molecular weight excluding hydrogens is 342 g/mol. The quantitative estimate of drug-likeness (QED) is 0.711. The van der Waals surface area contributed by atoms with Crippen molar-refractivity contribution in [2.75, 3.05) is 5.32 Å². The third-order valence-electron chi connectivity index (χ3n) is 7.06. The Labute approximate surface area is 167 Å². The molecule has 2 aromatic carbocycles. The van der Waals surface area contributed by atoms with Gasteiger partial charge in [0.2, 0.25) is 5.91 Å². The van der Waals surface area contributed by atoms with Gasteiger partial charge in [0.15, 0.2) is 0 Å². The van der Waals surface area contributed by atoms with Crippen LogP contribution in [0.4, 0.5) is 5.69 Å². The molecule has 0 spiro atoms. The lowest BCUT2D eigenvalue weighted by atomic mass is 9.51. The summed E-state index contributed by atoms with van der Waals surface area (Å²) < 4.78 is 0. The van der Waals surface area contributed by atoms with E-state index in [1.54, 1.807) is 0 Å². The highest BCUT2D eigenvalue weighted by Crippen LogP contribution is 2.59. The Morgan fingerprint density at radius 3 is 2.29 bits per heavy atom. The van der Waals surface area contributed by atoms with Crippen LogP contribution in [-0.2, 0) is 4.79 Å². The smallest absolute Gasteiger partial charge is 0.228 e. The second-order valence-electron chi connectivity index (χ2n) is 8.79. The van der Waals surface area contributed by atoms with Crippen molar-refractivity contribution < 1.29 is 4.79 Å². The van der Waals surface area contributed by atoms with Crippen LogP contribution in [0.2, 0.25) is 0 Å². The first-order valence-electron chi connectivity index (χ1n) is 10.4. The van der Waals surface area contributed by atoms with Gasteiger partial charge in [0, 0.05) is 17.5 Å². The van der Waals surface area contributed by atoms with Crippen LogP contribution in [-0.4, -0.2) is 5.91 Å². The number of allylic oxidation sites excluding steroid dienone is 4. The second kappa shape index (κ2) is 6.48. The van der Waals surface area contributed by atoms with Gasteiger partial charge in [0.25, 0.3) is 0 Å². The maximum absolute atomic E-state index is 13.5. The van der Waals surface area contributed by atoms with E-state index in [0.29, 0.717) is 17.8 Å². The molecule has 2 bridgehead atoms. The summed E-state index contributed by atoms with van der Waals surface area (Å²) in [6.45, 7) is 6.27. The molecule has 0 aromatic heterocycles. The van der Waals surface area contributed by atoms with E-state index in [1.165, 1.54) is 16.7 Å². The summed E-state index contributed by atoms with van der Waals surface area (Å²) in [5.41, 5.74) is 7.36. The number of hydrogen-bond acceptors (Lipinski definition) is 1. The number of benzene rings is 2. The number of anilines is 1. The number of aryl methyl sites for hydroxylation is 3. The number of nitrogens with one attached hydrogen (secondary N) is 1. The molecule has 1 amide bonds. The lowest BCUT2D eigenvalue weighted by molar-refractivity contribution is -0.122. The van der Waals surface area contributed by atoms with Crippen molar-refractivity contribution in [3.8, 4) is 0 Å². The molecule has 0 heterocycles. The van der Waals surface area contributed by atoms with Crippen LogP contribution in [0.1, 0.15) is 46.1 Å². The zero-order chi connectivity index (χ0) is 19.4. The Bertz CT molecular complexity index is 992. The fourth-order valence-corrected chi connectivity index (χ4v) is 6.02. The molecule has 1 fully saturated rings. The topological polar surface area (TPSA) is 29.1 Å². The maximum atomic E-state index is 13.5. The Kier molecular flexibility index (Phi) is 4.04. The Hall–Kier alpha value is -2.61. The van der Waals surface area contributed by atoms with Gasteiger partial charge >= 0.3 is 0 Å². The lowest BCUT2D eigenvalue weighted by Gasteiger charge is -2.52. The summed E-state index contributed by atoms with van der Waals surface area (Å²) in [5, 5.41) is 3.31. The molecule has 2 nitrogen and oxygen atoms in total. The zero-order valence-corrected chi connectivity index (χ0v) is 16.8. The molecule has 1 N–H and O–H groups in total. The van der Waals surface area contributed by atoms with Crippen LogP contribution in [0, 0.1) is 38.5 Å². The molecule has 28 heavy (non-hydrogen) atoms. The number of amides is 1. The largest absolute Gasteiger partial charge is 0.325 e. The van der Waals surface area contributed by atoms with E-state index in [9.17, 15) is 4.79 Å². The SMILES string of the molecule is Cc1cc(C)c(NC(=O)[C@H]2C[C@H]3c4ccccc4[C@@H]2[C@H]2C=CC=C[C@@H]23)c(C)c1. The molecule has 4 aliphatic rings. The summed E-state index contributed by atoms with van der Waals surface area (Å²) in [5.74, 6) is 1.85. The minimum atomic E-state index is 0.0254. The second-order valence-corrected chi connectivity index (χ2v) is 8.79. The third kappa shape index (κ3) is 2.58. The number of carbonyl (C=O) groups is 1. The number of hydrogen-bond donors (Lipinski definition) is 1. The van der Waals surface area contributed by atoms with Crippen LogP contribution >= 0.6 is 0 Å². The van der Waals surface area contributed by atoms with Gasteiger partial charge in [-0.05, 0) is 67.2 Å². The van der Waals surface area contributed by atoms with Crippen molar-refractivity contribution in [1.29, 1.82) is 0 Å². The van der Waals surface area contributed by atoms with E-state index in [-0.39, 0.29) is 17.7 Å². The van der Waals surface area contributed by atoms with E-state index in [2.05, 4.69) is 86.8 Å². The van der Waals surface area contributed by atoms with Crippen molar-refractivity contribution in [2.24, 2.45) is 17.8 Å². The van der Waals surface area contributed by atoms with E-state index in [0.717, 1.165) is 23.2 Å². The molecule has 0 saturated heterocycles. The van der Waals surface area contributed by atoms with Gasteiger partial charge in [-0.2, -0.15) is 0 Å². The molecule has 2 aromatic rings. The fourth-order valence-electron chi connectivity index (χ4n) is 6.02. The van der Waals surface area contributed by atoms with E-state index in [1.807, 2.05) is 0 Å². The monoisotopic (exact) mass is 369 g/mol.